The van der Waals surface area contributed by atoms with E-state index in [2.05, 4.69) is 15.1 Å². The van der Waals surface area contributed by atoms with Crippen molar-refractivity contribution < 1.29 is 9.57 Å². The summed E-state index contributed by atoms with van der Waals surface area (Å²) in [7, 11) is 0. The van der Waals surface area contributed by atoms with E-state index in [9.17, 15) is 0 Å². The van der Waals surface area contributed by atoms with E-state index in [-0.39, 0.29) is 6.10 Å². The highest BCUT2D eigenvalue weighted by atomic mass is 35.5. The second-order valence-electron chi connectivity index (χ2n) is 4.85. The van der Waals surface area contributed by atoms with E-state index in [1.807, 2.05) is 12.1 Å². The first-order valence-electron chi connectivity index (χ1n) is 6.86. The van der Waals surface area contributed by atoms with Gasteiger partial charge in [0, 0.05) is 43.2 Å². The molecule has 1 aliphatic heterocycles. The molecule has 1 unspecified atom stereocenters. The van der Waals surface area contributed by atoms with Gasteiger partial charge in [0.25, 0.3) is 0 Å². The Morgan fingerprint density at radius 3 is 3.05 bits per heavy atom. The molecule has 0 radical (unpaired) electrons. The topological polar surface area (TPSA) is 82.6 Å². The first-order chi connectivity index (χ1) is 10.8. The molecule has 0 aromatic carbocycles. The van der Waals surface area contributed by atoms with Crippen LogP contribution in [0.15, 0.2) is 41.9 Å². The van der Waals surface area contributed by atoms with E-state index in [0.29, 0.717) is 36.0 Å². The van der Waals surface area contributed by atoms with Gasteiger partial charge in [0.05, 0.1) is 10.7 Å². The van der Waals surface area contributed by atoms with Crippen molar-refractivity contribution in [3.63, 3.8) is 0 Å². The van der Waals surface area contributed by atoms with E-state index >= 15 is 0 Å². The zero-order valence-corrected chi connectivity index (χ0v) is 12.5. The van der Waals surface area contributed by atoms with Gasteiger partial charge in [-0.25, -0.2) is 0 Å². The van der Waals surface area contributed by atoms with Gasteiger partial charge in [-0.05, 0) is 12.1 Å². The van der Waals surface area contributed by atoms with Crippen LogP contribution in [0.1, 0.15) is 6.42 Å². The van der Waals surface area contributed by atoms with Crippen LogP contribution in [0.25, 0.3) is 11.3 Å². The fraction of sp³-hybridized carbons (Fsp3) is 0.267. The van der Waals surface area contributed by atoms with Crippen LogP contribution >= 0.6 is 11.6 Å². The number of aromatic nitrogens is 2. The minimum Gasteiger partial charge on any atom is -0.487 e. The van der Waals surface area contributed by atoms with E-state index in [1.165, 1.54) is 0 Å². The highest BCUT2D eigenvalue weighted by Gasteiger charge is 2.21. The van der Waals surface area contributed by atoms with Crippen molar-refractivity contribution in [3.05, 3.63) is 41.8 Å². The van der Waals surface area contributed by atoms with Gasteiger partial charge in [-0.15, -0.1) is 0 Å². The summed E-state index contributed by atoms with van der Waals surface area (Å²) in [5.41, 5.74) is 7.93. The molecule has 2 aromatic rings. The lowest BCUT2D eigenvalue weighted by Crippen LogP contribution is -2.20. The molecule has 0 aliphatic carbocycles. The quantitative estimate of drug-likeness (QED) is 0.914. The number of rotatable bonds is 5. The molecule has 0 saturated carbocycles. The fourth-order valence-electron chi connectivity index (χ4n) is 2.13. The van der Waals surface area contributed by atoms with E-state index < -0.39 is 0 Å². The van der Waals surface area contributed by atoms with Crippen LogP contribution < -0.4 is 10.5 Å². The van der Waals surface area contributed by atoms with Gasteiger partial charge in [-0.3, -0.25) is 9.97 Å². The molecular weight excluding hydrogens is 304 g/mol. The lowest BCUT2D eigenvalue weighted by molar-refractivity contribution is 0.0471. The van der Waals surface area contributed by atoms with Gasteiger partial charge in [-0.2, -0.15) is 0 Å². The highest BCUT2D eigenvalue weighted by Crippen LogP contribution is 2.30. The van der Waals surface area contributed by atoms with E-state index in [4.69, 9.17) is 26.9 Å². The highest BCUT2D eigenvalue weighted by molar-refractivity contribution is 6.30. The van der Waals surface area contributed by atoms with Crippen LogP contribution in [0, 0.1) is 0 Å². The molecule has 3 rings (SSSR count). The number of hydrogen-bond acceptors (Lipinski definition) is 6. The van der Waals surface area contributed by atoms with Gasteiger partial charge < -0.3 is 15.3 Å². The third-order valence-electron chi connectivity index (χ3n) is 3.21. The molecule has 6 nitrogen and oxygen atoms in total. The smallest absolute Gasteiger partial charge is 0.166 e. The number of nitrogens with zero attached hydrogens (tertiary/aromatic N) is 3. The molecule has 1 atom stereocenters. The SMILES string of the molecule is NCC1=NOC(COc2cc(Cl)cnc2-c2cccnc2)C1. The Bertz CT molecular complexity index is 678. The molecule has 0 saturated heterocycles. The summed E-state index contributed by atoms with van der Waals surface area (Å²) in [5, 5.41) is 4.41. The second-order valence-corrected chi connectivity index (χ2v) is 5.28. The van der Waals surface area contributed by atoms with Crippen molar-refractivity contribution in [3.8, 4) is 17.0 Å². The summed E-state index contributed by atoms with van der Waals surface area (Å²) in [6, 6.07) is 5.49. The maximum atomic E-state index is 6.02. The minimum absolute atomic E-state index is 0.140. The van der Waals surface area contributed by atoms with Gasteiger partial charge >= 0.3 is 0 Å². The normalized spacial score (nSPS) is 17.0. The summed E-state index contributed by atoms with van der Waals surface area (Å²) in [4.78, 5) is 13.7. The lowest BCUT2D eigenvalue weighted by Gasteiger charge is -2.13. The number of nitrogens with two attached hydrogens (primary N) is 1. The zero-order valence-electron chi connectivity index (χ0n) is 11.8. The summed E-state index contributed by atoms with van der Waals surface area (Å²) >= 11 is 6.02. The minimum atomic E-state index is -0.140. The van der Waals surface area contributed by atoms with Gasteiger partial charge in [0.15, 0.2) is 6.10 Å². The Morgan fingerprint density at radius 2 is 2.32 bits per heavy atom. The number of hydrogen-bond donors (Lipinski definition) is 1. The summed E-state index contributed by atoms with van der Waals surface area (Å²) in [5.74, 6) is 0.588. The summed E-state index contributed by atoms with van der Waals surface area (Å²) < 4.78 is 5.84. The van der Waals surface area contributed by atoms with Crippen molar-refractivity contribution in [1.29, 1.82) is 0 Å². The third-order valence-corrected chi connectivity index (χ3v) is 3.42. The van der Waals surface area contributed by atoms with Gasteiger partial charge in [0.1, 0.15) is 18.1 Å². The Morgan fingerprint density at radius 1 is 1.41 bits per heavy atom. The molecule has 22 heavy (non-hydrogen) atoms. The zero-order chi connectivity index (χ0) is 15.4. The van der Waals surface area contributed by atoms with Crippen molar-refractivity contribution in [1.82, 2.24) is 9.97 Å². The maximum absolute atomic E-state index is 6.02. The fourth-order valence-corrected chi connectivity index (χ4v) is 2.28. The molecule has 3 heterocycles. The van der Waals surface area contributed by atoms with Crippen molar-refractivity contribution in [2.45, 2.75) is 12.5 Å². The van der Waals surface area contributed by atoms with Crippen LogP contribution in [0.3, 0.4) is 0 Å². The van der Waals surface area contributed by atoms with E-state index in [0.717, 1.165) is 11.3 Å². The molecule has 0 bridgehead atoms. The summed E-state index contributed by atoms with van der Waals surface area (Å²) in [6.45, 7) is 0.748. The lowest BCUT2D eigenvalue weighted by atomic mass is 10.1. The summed E-state index contributed by atoms with van der Waals surface area (Å²) in [6.07, 6.45) is 5.55. The molecule has 0 fully saturated rings. The third kappa shape index (κ3) is 3.35. The molecule has 2 aromatic heterocycles. The van der Waals surface area contributed by atoms with Crippen LogP contribution in [-0.4, -0.2) is 34.9 Å². The Kier molecular flexibility index (Phi) is 4.50. The molecule has 0 spiro atoms. The average Bonchev–Trinajstić information content (AvgIpc) is 3.02. The number of oxime groups is 1. The van der Waals surface area contributed by atoms with Crippen molar-refractivity contribution in [2.24, 2.45) is 10.9 Å². The van der Waals surface area contributed by atoms with Crippen molar-refractivity contribution in [2.75, 3.05) is 13.2 Å². The van der Waals surface area contributed by atoms with Gasteiger partial charge in [-0.1, -0.05) is 16.8 Å². The molecule has 1 aliphatic rings. The number of ether oxygens (including phenoxy) is 1. The first-order valence-corrected chi connectivity index (χ1v) is 7.24. The van der Waals surface area contributed by atoms with Crippen LogP contribution in [0.2, 0.25) is 5.02 Å². The monoisotopic (exact) mass is 318 g/mol. The van der Waals surface area contributed by atoms with Crippen LogP contribution in [0.5, 0.6) is 5.75 Å². The predicted molar refractivity (Wildman–Crippen MR) is 84.0 cm³/mol. The Hall–Kier alpha value is -2.18. The molecule has 7 heteroatoms. The van der Waals surface area contributed by atoms with Gasteiger partial charge in [0.2, 0.25) is 0 Å². The Labute approximate surface area is 132 Å². The predicted octanol–water partition coefficient (Wildman–Crippen LogP) is 2.28. The molecule has 0 amide bonds. The van der Waals surface area contributed by atoms with Crippen LogP contribution in [-0.2, 0) is 4.84 Å². The van der Waals surface area contributed by atoms with Crippen LogP contribution in [0.4, 0.5) is 0 Å². The first kappa shape index (κ1) is 14.7. The second kappa shape index (κ2) is 6.72. The maximum Gasteiger partial charge on any atom is 0.166 e. The molecule has 2 N–H and O–H groups in total. The number of pyridine rings is 2. The molecular formula is C15H15ClN4O2. The standard InChI is InChI=1S/C15H15ClN4O2/c16-11-4-14(21-9-13-5-12(6-17)20-22-13)15(19-8-11)10-2-1-3-18-7-10/h1-4,7-8,13H,5-6,9,17H2. The number of halogens is 1. The molecule has 114 valence electrons. The largest absolute Gasteiger partial charge is 0.487 e. The van der Waals surface area contributed by atoms with Crippen molar-refractivity contribution >= 4 is 17.3 Å². The van der Waals surface area contributed by atoms with E-state index in [1.54, 1.807) is 24.7 Å². The Balaban J connectivity index is 1.74. The average molecular weight is 319 g/mol.